The van der Waals surface area contributed by atoms with Crippen molar-refractivity contribution in [2.24, 2.45) is 0 Å². The number of halogens is 1. The summed E-state index contributed by atoms with van der Waals surface area (Å²) in [6.07, 6.45) is 3.50. The summed E-state index contributed by atoms with van der Waals surface area (Å²) < 4.78 is 1.78. The average Bonchev–Trinajstić information content (AvgIpc) is 2.96. The fourth-order valence-electron chi connectivity index (χ4n) is 1.60. The summed E-state index contributed by atoms with van der Waals surface area (Å²) in [5.41, 5.74) is 1.12. The van der Waals surface area contributed by atoms with Crippen LogP contribution in [0.1, 0.15) is 15.4 Å². The molecule has 3 aromatic heterocycles. The van der Waals surface area contributed by atoms with Crippen LogP contribution in [0.5, 0.6) is 0 Å². The molecule has 17 heavy (non-hydrogen) atoms. The van der Waals surface area contributed by atoms with Crippen molar-refractivity contribution in [2.45, 2.75) is 0 Å². The van der Waals surface area contributed by atoms with Crippen LogP contribution in [-0.2, 0) is 0 Å². The van der Waals surface area contributed by atoms with Gasteiger partial charge in [0.05, 0.1) is 4.88 Å². The monoisotopic (exact) mass is 262 g/mol. The number of aromatic nitrogens is 2. The van der Waals surface area contributed by atoms with Crippen molar-refractivity contribution in [3.8, 4) is 0 Å². The number of pyridine rings is 1. The molecule has 84 valence electrons. The highest BCUT2D eigenvalue weighted by Crippen LogP contribution is 2.17. The maximum Gasteiger partial charge on any atom is 0.222 e. The lowest BCUT2D eigenvalue weighted by atomic mass is 10.2. The summed E-state index contributed by atoms with van der Waals surface area (Å²) in [5.74, 6) is -0.0557. The van der Waals surface area contributed by atoms with E-state index < -0.39 is 0 Å². The van der Waals surface area contributed by atoms with Gasteiger partial charge in [-0.1, -0.05) is 17.7 Å². The quantitative estimate of drug-likeness (QED) is 0.664. The minimum Gasteiger partial charge on any atom is -0.306 e. The van der Waals surface area contributed by atoms with Crippen molar-refractivity contribution < 1.29 is 4.79 Å². The lowest BCUT2D eigenvalue weighted by Gasteiger charge is -1.90. The average molecular weight is 263 g/mol. The normalized spacial score (nSPS) is 10.9. The molecule has 0 radical (unpaired) electrons. The highest BCUT2D eigenvalue weighted by molar-refractivity contribution is 7.12. The number of fused-ring (bicyclic) bond motifs is 1. The van der Waals surface area contributed by atoms with E-state index in [1.807, 2.05) is 11.4 Å². The van der Waals surface area contributed by atoms with E-state index in [9.17, 15) is 4.79 Å². The molecule has 0 saturated carbocycles. The van der Waals surface area contributed by atoms with Gasteiger partial charge >= 0.3 is 0 Å². The first-order valence-electron chi connectivity index (χ1n) is 4.96. The molecule has 0 saturated heterocycles. The molecule has 0 amide bonds. The fourth-order valence-corrected chi connectivity index (χ4v) is 2.43. The summed E-state index contributed by atoms with van der Waals surface area (Å²) in [6.45, 7) is 0. The Morgan fingerprint density at radius 3 is 3.06 bits per heavy atom. The molecule has 0 aliphatic rings. The Morgan fingerprint density at radius 2 is 2.29 bits per heavy atom. The van der Waals surface area contributed by atoms with Crippen LogP contribution in [0, 0.1) is 0 Å². The van der Waals surface area contributed by atoms with Gasteiger partial charge in [0.2, 0.25) is 5.78 Å². The third kappa shape index (κ3) is 1.85. The molecule has 0 fully saturated rings. The second-order valence-corrected chi connectivity index (χ2v) is 4.93. The van der Waals surface area contributed by atoms with Crippen molar-refractivity contribution in [1.82, 2.24) is 9.38 Å². The molecule has 0 atom stereocenters. The zero-order chi connectivity index (χ0) is 11.8. The molecule has 0 aromatic carbocycles. The smallest absolute Gasteiger partial charge is 0.222 e. The predicted molar refractivity (Wildman–Crippen MR) is 68.0 cm³/mol. The maximum absolute atomic E-state index is 12.1. The molecule has 0 spiro atoms. The van der Waals surface area contributed by atoms with Gasteiger partial charge in [0.25, 0.3) is 0 Å². The summed E-state index contributed by atoms with van der Waals surface area (Å²) in [4.78, 5) is 17.0. The van der Waals surface area contributed by atoms with E-state index in [0.29, 0.717) is 21.2 Å². The number of rotatable bonds is 2. The van der Waals surface area contributed by atoms with Crippen LogP contribution in [0.4, 0.5) is 0 Å². The molecule has 3 heterocycles. The van der Waals surface area contributed by atoms with Crippen LogP contribution in [0.25, 0.3) is 5.65 Å². The van der Waals surface area contributed by atoms with Crippen LogP contribution in [-0.4, -0.2) is 15.2 Å². The van der Waals surface area contributed by atoms with E-state index in [0.717, 1.165) is 0 Å². The Bertz CT molecular complexity index is 688. The molecule has 0 aliphatic heterocycles. The fraction of sp³-hybridized carbons (Fsp3) is 0. The van der Waals surface area contributed by atoms with Gasteiger partial charge in [-0.2, -0.15) is 0 Å². The Hall–Kier alpha value is -1.65. The van der Waals surface area contributed by atoms with Crippen LogP contribution in [0.2, 0.25) is 5.02 Å². The van der Waals surface area contributed by atoms with Gasteiger partial charge in [0.15, 0.2) is 0 Å². The third-order valence-corrected chi connectivity index (χ3v) is 3.50. The van der Waals surface area contributed by atoms with Gasteiger partial charge in [0.1, 0.15) is 11.3 Å². The third-order valence-electron chi connectivity index (χ3n) is 2.40. The van der Waals surface area contributed by atoms with E-state index in [-0.39, 0.29) is 5.78 Å². The first-order valence-corrected chi connectivity index (χ1v) is 6.22. The maximum atomic E-state index is 12.1. The van der Waals surface area contributed by atoms with E-state index >= 15 is 0 Å². The van der Waals surface area contributed by atoms with Crippen LogP contribution in [0.15, 0.2) is 42.0 Å². The van der Waals surface area contributed by atoms with Crippen molar-refractivity contribution in [1.29, 1.82) is 0 Å². The molecule has 0 unspecified atom stereocenters. The summed E-state index contributed by atoms with van der Waals surface area (Å²) >= 11 is 7.28. The van der Waals surface area contributed by atoms with Crippen molar-refractivity contribution >= 4 is 34.4 Å². The molecule has 0 N–H and O–H groups in total. The van der Waals surface area contributed by atoms with Crippen LogP contribution in [0.3, 0.4) is 0 Å². The van der Waals surface area contributed by atoms with Crippen molar-refractivity contribution in [3.05, 3.63) is 57.6 Å². The minimum atomic E-state index is -0.0557. The van der Waals surface area contributed by atoms with Gasteiger partial charge in [-0.3, -0.25) is 4.79 Å². The number of carbonyl (C=O) groups is 1. The highest BCUT2D eigenvalue weighted by atomic mass is 35.5. The number of hydrogen-bond acceptors (Lipinski definition) is 3. The van der Waals surface area contributed by atoms with E-state index in [1.165, 1.54) is 11.3 Å². The summed E-state index contributed by atoms with van der Waals surface area (Å²) in [6, 6.07) is 7.14. The first-order chi connectivity index (χ1) is 8.24. The number of nitrogens with zero attached hydrogens (tertiary/aromatic N) is 2. The highest BCUT2D eigenvalue weighted by Gasteiger charge is 2.13. The number of hydrogen-bond donors (Lipinski definition) is 0. The molecule has 0 aliphatic carbocycles. The van der Waals surface area contributed by atoms with Crippen molar-refractivity contribution in [2.75, 3.05) is 0 Å². The minimum absolute atomic E-state index is 0.0557. The molecule has 0 bridgehead atoms. The van der Waals surface area contributed by atoms with Crippen LogP contribution >= 0.6 is 22.9 Å². The van der Waals surface area contributed by atoms with Gasteiger partial charge in [0, 0.05) is 23.5 Å². The molecular formula is C12H7ClN2OS. The molecule has 3 rings (SSSR count). The lowest BCUT2D eigenvalue weighted by molar-refractivity contribution is 0.103. The van der Waals surface area contributed by atoms with Gasteiger partial charge in [-0.15, -0.1) is 11.3 Å². The largest absolute Gasteiger partial charge is 0.306 e. The Labute approximate surface area is 106 Å². The Morgan fingerprint density at radius 1 is 1.41 bits per heavy atom. The van der Waals surface area contributed by atoms with Crippen molar-refractivity contribution in [3.63, 3.8) is 0 Å². The van der Waals surface area contributed by atoms with Gasteiger partial charge < -0.3 is 4.40 Å². The SMILES string of the molecule is O=C(c1cn2ccc(Cl)cc2n1)c1cccs1. The number of thiophene rings is 1. The Balaban J connectivity index is 2.09. The number of carbonyl (C=O) groups excluding carboxylic acids is 1. The van der Waals surface area contributed by atoms with E-state index in [1.54, 1.807) is 35.0 Å². The zero-order valence-corrected chi connectivity index (χ0v) is 10.2. The first kappa shape index (κ1) is 10.5. The van der Waals surface area contributed by atoms with E-state index in [2.05, 4.69) is 4.98 Å². The standard InChI is InChI=1S/C12H7ClN2OS/c13-8-3-4-15-7-9(14-11(15)6-8)12(16)10-2-1-5-17-10/h1-7H. The Kier molecular flexibility index (Phi) is 2.46. The number of ketones is 1. The predicted octanol–water partition coefficient (Wildman–Crippen LogP) is 3.28. The van der Waals surface area contributed by atoms with Gasteiger partial charge in [-0.05, 0) is 17.5 Å². The zero-order valence-electron chi connectivity index (χ0n) is 8.63. The summed E-state index contributed by atoms with van der Waals surface area (Å²) in [7, 11) is 0. The van der Waals surface area contributed by atoms with E-state index in [4.69, 9.17) is 11.6 Å². The van der Waals surface area contributed by atoms with Crippen LogP contribution < -0.4 is 0 Å². The topological polar surface area (TPSA) is 34.4 Å². The molecule has 3 nitrogen and oxygen atoms in total. The molecule has 5 heteroatoms. The number of imidazole rings is 1. The van der Waals surface area contributed by atoms with Gasteiger partial charge in [-0.25, -0.2) is 4.98 Å². The lowest BCUT2D eigenvalue weighted by Crippen LogP contribution is -1.98. The molecule has 3 aromatic rings. The summed E-state index contributed by atoms with van der Waals surface area (Å²) in [5, 5.41) is 2.48. The second-order valence-electron chi connectivity index (χ2n) is 3.54. The molecular weight excluding hydrogens is 256 g/mol. The second kappa shape index (κ2) is 3.98.